The number of ketones is 1. The van der Waals surface area contributed by atoms with Crippen LogP contribution in [0.1, 0.15) is 31.1 Å². The van der Waals surface area contributed by atoms with Crippen molar-refractivity contribution in [1.29, 1.82) is 0 Å². The summed E-state index contributed by atoms with van der Waals surface area (Å²) < 4.78 is 31.7. The number of hydrogen-bond acceptors (Lipinski definition) is 4. The van der Waals surface area contributed by atoms with E-state index >= 15 is 0 Å². The summed E-state index contributed by atoms with van der Waals surface area (Å²) in [7, 11) is -2.30. The van der Waals surface area contributed by atoms with Gasteiger partial charge in [0, 0.05) is 11.6 Å². The molecule has 0 fully saturated rings. The highest BCUT2D eigenvalue weighted by atomic mass is 32.2. The summed E-state index contributed by atoms with van der Waals surface area (Å²) in [6.45, 7) is 4.83. The third kappa shape index (κ3) is 3.30. The van der Waals surface area contributed by atoms with Crippen molar-refractivity contribution in [3.63, 3.8) is 0 Å². The summed E-state index contributed by atoms with van der Waals surface area (Å²) in [5, 5.41) is 0. The number of methoxy groups -OCH3 is 1. The number of benzene rings is 1. The molecule has 0 saturated heterocycles. The van der Waals surface area contributed by atoms with Crippen LogP contribution in [-0.4, -0.2) is 27.4 Å². The molecular formula is C12H17NO4S. The number of hydrogen-bond donors (Lipinski definition) is 1. The van der Waals surface area contributed by atoms with Crippen LogP contribution in [0.15, 0.2) is 23.1 Å². The molecule has 18 heavy (non-hydrogen) atoms. The largest absolute Gasteiger partial charge is 0.495 e. The van der Waals surface area contributed by atoms with Gasteiger partial charge in [0.15, 0.2) is 5.78 Å². The number of carbonyl (C=O) groups is 1. The molecule has 0 saturated carbocycles. The number of rotatable bonds is 5. The first-order chi connectivity index (χ1) is 8.27. The van der Waals surface area contributed by atoms with Gasteiger partial charge in [-0.3, -0.25) is 4.79 Å². The van der Waals surface area contributed by atoms with Crippen LogP contribution in [0.25, 0.3) is 0 Å². The highest BCUT2D eigenvalue weighted by molar-refractivity contribution is 7.89. The van der Waals surface area contributed by atoms with Crippen LogP contribution in [0.5, 0.6) is 5.75 Å². The molecule has 0 radical (unpaired) electrons. The smallest absolute Gasteiger partial charge is 0.244 e. The monoisotopic (exact) mass is 271 g/mol. The van der Waals surface area contributed by atoms with Crippen molar-refractivity contribution in [2.24, 2.45) is 0 Å². The van der Waals surface area contributed by atoms with Crippen molar-refractivity contribution in [1.82, 2.24) is 4.72 Å². The molecule has 1 rings (SSSR count). The maximum Gasteiger partial charge on any atom is 0.244 e. The average molecular weight is 271 g/mol. The third-order valence-electron chi connectivity index (χ3n) is 2.25. The molecule has 0 unspecified atom stereocenters. The van der Waals surface area contributed by atoms with Crippen molar-refractivity contribution in [3.05, 3.63) is 23.8 Å². The van der Waals surface area contributed by atoms with Gasteiger partial charge in [0.2, 0.25) is 10.0 Å². The maximum absolute atomic E-state index is 12.1. The molecule has 0 spiro atoms. The van der Waals surface area contributed by atoms with Gasteiger partial charge in [0.1, 0.15) is 10.6 Å². The number of Topliss-reactive ketones (excluding diaryl/α,β-unsaturated/α-hetero) is 1. The van der Waals surface area contributed by atoms with Gasteiger partial charge in [0.25, 0.3) is 0 Å². The van der Waals surface area contributed by atoms with E-state index in [0.29, 0.717) is 5.56 Å². The quantitative estimate of drug-likeness (QED) is 0.825. The highest BCUT2D eigenvalue weighted by Crippen LogP contribution is 2.25. The lowest BCUT2D eigenvalue weighted by Gasteiger charge is -2.13. The van der Waals surface area contributed by atoms with Crippen LogP contribution < -0.4 is 9.46 Å². The van der Waals surface area contributed by atoms with E-state index in [2.05, 4.69) is 4.72 Å². The molecule has 0 atom stereocenters. The second-order valence-electron chi connectivity index (χ2n) is 4.20. The second-order valence-corrected chi connectivity index (χ2v) is 5.88. The normalized spacial score (nSPS) is 11.6. The minimum atomic E-state index is -3.69. The Balaban J connectivity index is 3.36. The number of sulfonamides is 1. The zero-order valence-corrected chi connectivity index (χ0v) is 11.7. The molecule has 0 aliphatic carbocycles. The van der Waals surface area contributed by atoms with E-state index in [1.54, 1.807) is 13.8 Å². The van der Waals surface area contributed by atoms with Gasteiger partial charge in [0.05, 0.1) is 7.11 Å². The SMILES string of the molecule is COc1ccc(C(C)=O)cc1S(=O)(=O)NC(C)C. The Morgan fingerprint density at radius 2 is 1.94 bits per heavy atom. The summed E-state index contributed by atoms with van der Waals surface area (Å²) in [6, 6.07) is 4.10. The van der Waals surface area contributed by atoms with Crippen molar-refractivity contribution in [2.45, 2.75) is 31.7 Å². The Kier molecular flexibility index (Phi) is 4.48. The second kappa shape index (κ2) is 5.49. The molecule has 1 N–H and O–H groups in total. The molecule has 0 heterocycles. The van der Waals surface area contributed by atoms with Crippen LogP contribution in [-0.2, 0) is 10.0 Å². The van der Waals surface area contributed by atoms with Gasteiger partial charge in [-0.25, -0.2) is 13.1 Å². The fraction of sp³-hybridized carbons (Fsp3) is 0.417. The highest BCUT2D eigenvalue weighted by Gasteiger charge is 2.21. The average Bonchev–Trinajstić information content (AvgIpc) is 2.26. The molecule has 5 nitrogen and oxygen atoms in total. The summed E-state index contributed by atoms with van der Waals surface area (Å²) in [5.74, 6) is 0.0202. The topological polar surface area (TPSA) is 72.5 Å². The van der Waals surface area contributed by atoms with E-state index in [4.69, 9.17) is 4.74 Å². The van der Waals surface area contributed by atoms with Gasteiger partial charge in [-0.1, -0.05) is 0 Å². The lowest BCUT2D eigenvalue weighted by atomic mass is 10.1. The fourth-order valence-electron chi connectivity index (χ4n) is 1.48. The Morgan fingerprint density at radius 1 is 1.33 bits per heavy atom. The summed E-state index contributed by atoms with van der Waals surface area (Å²) in [4.78, 5) is 11.3. The molecule has 6 heteroatoms. The lowest BCUT2D eigenvalue weighted by Crippen LogP contribution is -2.30. The molecule has 0 bridgehead atoms. The van der Waals surface area contributed by atoms with E-state index in [1.807, 2.05) is 0 Å². The zero-order chi connectivity index (χ0) is 13.9. The van der Waals surface area contributed by atoms with E-state index < -0.39 is 10.0 Å². The summed E-state index contributed by atoms with van der Waals surface area (Å²) in [6.07, 6.45) is 0. The van der Waals surface area contributed by atoms with E-state index in [9.17, 15) is 13.2 Å². The Labute approximate surface area is 107 Å². The van der Waals surface area contributed by atoms with Crippen LogP contribution in [0.3, 0.4) is 0 Å². The Morgan fingerprint density at radius 3 is 2.39 bits per heavy atom. The molecule has 1 aromatic carbocycles. The Bertz CT molecular complexity index is 549. The van der Waals surface area contributed by atoms with Crippen molar-refractivity contribution >= 4 is 15.8 Å². The predicted molar refractivity (Wildman–Crippen MR) is 68.5 cm³/mol. The predicted octanol–water partition coefficient (Wildman–Crippen LogP) is 1.58. The minimum absolute atomic E-state index is 0.0219. The van der Waals surface area contributed by atoms with Crippen molar-refractivity contribution in [3.8, 4) is 5.75 Å². The first-order valence-electron chi connectivity index (χ1n) is 5.49. The van der Waals surface area contributed by atoms with Gasteiger partial charge < -0.3 is 4.74 Å². The maximum atomic E-state index is 12.1. The van der Waals surface area contributed by atoms with Crippen molar-refractivity contribution < 1.29 is 17.9 Å². The van der Waals surface area contributed by atoms with E-state index in [-0.39, 0.29) is 22.5 Å². The molecular weight excluding hydrogens is 254 g/mol. The van der Waals surface area contributed by atoms with E-state index in [1.165, 1.54) is 32.2 Å². The summed E-state index contributed by atoms with van der Waals surface area (Å²) >= 11 is 0. The van der Waals surface area contributed by atoms with Gasteiger partial charge in [-0.15, -0.1) is 0 Å². The molecule has 1 aromatic rings. The van der Waals surface area contributed by atoms with Crippen LogP contribution in [0.4, 0.5) is 0 Å². The van der Waals surface area contributed by atoms with Crippen LogP contribution in [0, 0.1) is 0 Å². The molecule has 0 aliphatic rings. The molecule has 0 aromatic heterocycles. The number of nitrogens with one attached hydrogen (secondary N) is 1. The van der Waals surface area contributed by atoms with Crippen LogP contribution in [0.2, 0.25) is 0 Å². The minimum Gasteiger partial charge on any atom is -0.495 e. The summed E-state index contributed by atoms with van der Waals surface area (Å²) in [5.41, 5.74) is 0.333. The number of ether oxygens (including phenoxy) is 1. The first kappa shape index (κ1) is 14.7. The zero-order valence-electron chi connectivity index (χ0n) is 10.9. The Hall–Kier alpha value is -1.40. The van der Waals surface area contributed by atoms with Gasteiger partial charge in [-0.05, 0) is 39.0 Å². The van der Waals surface area contributed by atoms with Crippen molar-refractivity contribution in [2.75, 3.05) is 7.11 Å². The van der Waals surface area contributed by atoms with E-state index in [0.717, 1.165) is 0 Å². The van der Waals surface area contributed by atoms with Gasteiger partial charge in [-0.2, -0.15) is 0 Å². The van der Waals surface area contributed by atoms with Gasteiger partial charge >= 0.3 is 0 Å². The standard InChI is InChI=1S/C12H17NO4S/c1-8(2)13-18(15,16)12-7-10(9(3)14)5-6-11(12)17-4/h5-8,13H,1-4H3. The number of carbonyl (C=O) groups excluding carboxylic acids is 1. The fourth-order valence-corrected chi connectivity index (χ4v) is 2.93. The first-order valence-corrected chi connectivity index (χ1v) is 6.97. The molecule has 0 aliphatic heterocycles. The third-order valence-corrected chi connectivity index (χ3v) is 3.93. The molecule has 100 valence electrons. The van der Waals surface area contributed by atoms with Crippen LogP contribution >= 0.6 is 0 Å². The molecule has 0 amide bonds. The lowest BCUT2D eigenvalue weighted by molar-refractivity contribution is 0.101.